The van der Waals surface area contributed by atoms with Gasteiger partial charge in [-0.05, 0) is 19.1 Å². The van der Waals surface area contributed by atoms with Crippen LogP contribution >= 0.6 is 25.3 Å². The number of pyridine rings is 1. The Bertz CT molecular complexity index is 782. The number of carbonyl (C=O) groups is 4. The lowest BCUT2D eigenvalue weighted by Gasteiger charge is -2.37. The Kier molecular flexibility index (Phi) is 9.39. The van der Waals surface area contributed by atoms with Gasteiger partial charge in [0.25, 0.3) is 0 Å². The molecular formula is C17H23N3O8S2. The number of carboxylic acid groups (broad SMARTS) is 4. The molecule has 1 rings (SSSR count). The van der Waals surface area contributed by atoms with E-state index in [0.717, 1.165) is 4.90 Å². The average molecular weight is 462 g/mol. The fraction of sp³-hybridized carbons (Fsp3) is 0.471. The molecule has 0 saturated heterocycles. The molecule has 0 aliphatic heterocycles. The fourth-order valence-electron chi connectivity index (χ4n) is 2.77. The highest BCUT2D eigenvalue weighted by Crippen LogP contribution is 2.34. The maximum absolute atomic E-state index is 12.0. The molecule has 4 N–H and O–H groups in total. The van der Waals surface area contributed by atoms with Crippen LogP contribution in [0.3, 0.4) is 0 Å². The Labute approximate surface area is 183 Å². The average Bonchev–Trinajstić information content (AvgIpc) is 2.66. The van der Waals surface area contributed by atoms with Gasteiger partial charge in [0.1, 0.15) is 5.25 Å². The summed E-state index contributed by atoms with van der Waals surface area (Å²) in [6.45, 7) is 0.0879. The first kappa shape index (κ1) is 25.5. The van der Waals surface area contributed by atoms with Crippen LogP contribution in [-0.2, 0) is 19.1 Å². The van der Waals surface area contributed by atoms with Crippen molar-refractivity contribution in [2.75, 3.05) is 26.2 Å². The van der Waals surface area contributed by atoms with Gasteiger partial charge in [0, 0.05) is 25.8 Å². The molecule has 1 aromatic heterocycles. The van der Waals surface area contributed by atoms with E-state index in [2.05, 4.69) is 30.2 Å². The number of rotatable bonds is 12. The van der Waals surface area contributed by atoms with Gasteiger partial charge in [-0.1, -0.05) is 6.07 Å². The number of carboxylic acids is 3. The van der Waals surface area contributed by atoms with Crippen LogP contribution in [0.5, 0.6) is 0 Å². The lowest BCUT2D eigenvalue weighted by molar-refractivity contribution is -0.142. The first-order valence-corrected chi connectivity index (χ1v) is 9.59. The van der Waals surface area contributed by atoms with E-state index < -0.39 is 46.6 Å². The minimum atomic E-state index is -1.98. The van der Waals surface area contributed by atoms with Crippen molar-refractivity contribution in [1.29, 1.82) is 0 Å². The largest absolute Gasteiger partial charge is 0.480 e. The number of hydrogen-bond acceptors (Lipinski definition) is 8. The fourth-order valence-corrected chi connectivity index (χ4v) is 3.27. The molecule has 166 valence electrons. The molecule has 0 radical (unpaired) electrons. The summed E-state index contributed by atoms with van der Waals surface area (Å²) in [5.41, 5.74) is 0.0308. The molecule has 30 heavy (non-hydrogen) atoms. The summed E-state index contributed by atoms with van der Waals surface area (Å²) >= 11 is 8.12. The van der Waals surface area contributed by atoms with Crippen LogP contribution < -0.4 is 0 Å². The van der Waals surface area contributed by atoms with E-state index in [4.69, 9.17) is 10.2 Å². The number of aliphatic carboxylic acids is 3. The first-order chi connectivity index (χ1) is 13.9. The smallest absolute Gasteiger partial charge is 0.407 e. The van der Waals surface area contributed by atoms with Crippen molar-refractivity contribution < 1.29 is 39.6 Å². The number of nitrogens with zero attached hydrogens (tertiary/aromatic N) is 3. The summed E-state index contributed by atoms with van der Waals surface area (Å²) in [5, 5.41) is 36.2. The number of thiol groups is 2. The highest BCUT2D eigenvalue weighted by molar-refractivity contribution is 7.82. The van der Waals surface area contributed by atoms with E-state index in [1.807, 2.05) is 0 Å². The molecule has 0 spiro atoms. The molecule has 1 heterocycles. The molecule has 0 aliphatic rings. The van der Waals surface area contributed by atoms with Crippen LogP contribution in [0.15, 0.2) is 24.4 Å². The maximum Gasteiger partial charge on any atom is 0.407 e. The zero-order valence-electron chi connectivity index (χ0n) is 16.0. The molecule has 0 fully saturated rings. The van der Waals surface area contributed by atoms with Gasteiger partial charge in [-0.2, -0.15) is 25.3 Å². The number of aromatic nitrogens is 1. The molecule has 0 bridgehead atoms. The molecule has 0 unspecified atom stereocenters. The Balaban J connectivity index is 3.11. The second-order valence-corrected chi connectivity index (χ2v) is 7.75. The van der Waals surface area contributed by atoms with Gasteiger partial charge in [0.2, 0.25) is 0 Å². The SMILES string of the molecule is C[C@H](N(CCN(CC(=O)O)C[C@@H](S)C(=O)O)C(=O)O)[C@](S)(C(=O)O)c1ccccn1. The van der Waals surface area contributed by atoms with Crippen molar-refractivity contribution >= 4 is 49.3 Å². The minimum absolute atomic E-state index is 0.0308. The molecule has 1 amide bonds. The van der Waals surface area contributed by atoms with Gasteiger partial charge < -0.3 is 25.3 Å². The lowest BCUT2D eigenvalue weighted by Crippen LogP contribution is -2.54. The monoisotopic (exact) mass is 461 g/mol. The van der Waals surface area contributed by atoms with Gasteiger partial charge in [0.05, 0.1) is 18.3 Å². The summed E-state index contributed by atoms with van der Waals surface area (Å²) in [5.74, 6) is -3.90. The van der Waals surface area contributed by atoms with Crippen molar-refractivity contribution in [3.05, 3.63) is 30.1 Å². The Morgan fingerprint density at radius 1 is 1.13 bits per heavy atom. The standard InChI is InChI=1S/C17H23N3O8S2/c1-10(17(30,15(25)26)12-4-2-3-5-18-12)20(16(27)28)7-6-19(9-13(21)22)8-11(29)14(23)24/h2-5,10-11,29-30H,6-9H2,1H3,(H,21,22)(H,23,24)(H,25,26)(H,27,28)/t10-,11+,17+/m0/s1. The van der Waals surface area contributed by atoms with E-state index in [9.17, 15) is 29.4 Å². The minimum Gasteiger partial charge on any atom is -0.480 e. The van der Waals surface area contributed by atoms with E-state index in [-0.39, 0.29) is 25.3 Å². The molecule has 1 aromatic rings. The summed E-state index contributed by atoms with van der Waals surface area (Å²) in [7, 11) is 0. The van der Waals surface area contributed by atoms with E-state index in [1.54, 1.807) is 12.1 Å². The van der Waals surface area contributed by atoms with Crippen LogP contribution in [-0.4, -0.2) is 96.7 Å². The number of amides is 1. The van der Waals surface area contributed by atoms with Crippen LogP contribution in [0.25, 0.3) is 0 Å². The second kappa shape index (κ2) is 11.0. The summed E-state index contributed by atoms with van der Waals surface area (Å²) in [4.78, 5) is 51.9. The van der Waals surface area contributed by atoms with Crippen molar-refractivity contribution in [2.45, 2.75) is 23.0 Å². The molecular weight excluding hydrogens is 438 g/mol. The third-order valence-electron chi connectivity index (χ3n) is 4.43. The van der Waals surface area contributed by atoms with Crippen LogP contribution in [0, 0.1) is 0 Å². The second-order valence-electron chi connectivity index (χ2n) is 6.42. The van der Waals surface area contributed by atoms with E-state index >= 15 is 0 Å². The summed E-state index contributed by atoms with van der Waals surface area (Å²) in [6, 6.07) is 3.32. The number of hydrogen-bond donors (Lipinski definition) is 6. The van der Waals surface area contributed by atoms with Crippen LogP contribution in [0.2, 0.25) is 0 Å². The quantitative estimate of drug-likeness (QED) is 0.240. The summed E-state index contributed by atoms with van der Waals surface area (Å²) in [6.07, 6.45) is -0.0944. The lowest BCUT2D eigenvalue weighted by atomic mass is 9.94. The maximum atomic E-state index is 12.0. The van der Waals surface area contributed by atoms with Crippen molar-refractivity contribution in [3.8, 4) is 0 Å². The van der Waals surface area contributed by atoms with Gasteiger partial charge in [-0.15, -0.1) is 0 Å². The topological polar surface area (TPSA) is 169 Å². The zero-order chi connectivity index (χ0) is 23.1. The Hall–Kier alpha value is -2.51. The molecule has 0 saturated carbocycles. The molecule has 11 nitrogen and oxygen atoms in total. The Morgan fingerprint density at radius 3 is 2.20 bits per heavy atom. The summed E-state index contributed by atoms with van der Waals surface area (Å²) < 4.78 is -1.98. The van der Waals surface area contributed by atoms with Crippen molar-refractivity contribution in [1.82, 2.24) is 14.8 Å². The van der Waals surface area contributed by atoms with Gasteiger partial charge in [-0.25, -0.2) is 4.79 Å². The predicted octanol–water partition coefficient (Wildman–Crippen LogP) is 0.429. The zero-order valence-corrected chi connectivity index (χ0v) is 17.7. The van der Waals surface area contributed by atoms with E-state index in [1.165, 1.54) is 24.1 Å². The molecule has 13 heteroatoms. The van der Waals surface area contributed by atoms with Crippen molar-refractivity contribution in [2.24, 2.45) is 0 Å². The molecule has 0 aliphatic carbocycles. The third kappa shape index (κ3) is 6.50. The normalized spacial score (nSPS) is 15.1. The van der Waals surface area contributed by atoms with Gasteiger partial charge in [0.15, 0.2) is 4.75 Å². The predicted molar refractivity (Wildman–Crippen MR) is 111 cm³/mol. The van der Waals surface area contributed by atoms with Crippen molar-refractivity contribution in [3.63, 3.8) is 0 Å². The van der Waals surface area contributed by atoms with Gasteiger partial charge in [-0.3, -0.25) is 24.3 Å². The van der Waals surface area contributed by atoms with Crippen LogP contribution in [0.1, 0.15) is 12.6 Å². The van der Waals surface area contributed by atoms with E-state index in [0.29, 0.717) is 0 Å². The highest BCUT2D eigenvalue weighted by Gasteiger charge is 2.47. The first-order valence-electron chi connectivity index (χ1n) is 8.63. The van der Waals surface area contributed by atoms with Gasteiger partial charge >= 0.3 is 24.0 Å². The third-order valence-corrected chi connectivity index (χ3v) is 5.61. The van der Waals surface area contributed by atoms with Crippen LogP contribution in [0.4, 0.5) is 4.79 Å². The molecule has 3 atom stereocenters. The highest BCUT2D eigenvalue weighted by atomic mass is 32.1. The molecule has 0 aromatic carbocycles. The Morgan fingerprint density at radius 2 is 1.77 bits per heavy atom.